The van der Waals surface area contributed by atoms with Crippen LogP contribution in [0.5, 0.6) is 0 Å². The Bertz CT molecular complexity index is 468. The summed E-state index contributed by atoms with van der Waals surface area (Å²) in [5.74, 6) is -1.70. The van der Waals surface area contributed by atoms with Crippen molar-refractivity contribution in [2.24, 2.45) is 0 Å². The molecule has 0 heterocycles. The molecule has 0 radical (unpaired) electrons. The van der Waals surface area contributed by atoms with E-state index >= 15 is 0 Å². The summed E-state index contributed by atoms with van der Waals surface area (Å²) in [6, 6.07) is 3.13. The van der Waals surface area contributed by atoms with Gasteiger partial charge in [0.05, 0.1) is 5.02 Å². The molecule has 98 valence electrons. The number of rotatable bonds is 4. The van der Waals surface area contributed by atoms with E-state index in [1.165, 1.54) is 12.1 Å². The minimum atomic E-state index is -1.11. The van der Waals surface area contributed by atoms with Gasteiger partial charge >= 0.3 is 12.0 Å². The molecule has 0 spiro atoms. The first-order valence-corrected chi connectivity index (χ1v) is 5.54. The predicted octanol–water partition coefficient (Wildman–Crippen LogP) is 2.42. The van der Waals surface area contributed by atoms with Gasteiger partial charge in [-0.25, -0.2) is 9.18 Å². The zero-order chi connectivity index (χ0) is 13.7. The van der Waals surface area contributed by atoms with E-state index in [1.807, 2.05) is 0 Å². The number of aliphatic carboxylic acids is 1. The van der Waals surface area contributed by atoms with Gasteiger partial charge in [-0.3, -0.25) is 4.79 Å². The summed E-state index contributed by atoms with van der Waals surface area (Å²) >= 11 is 5.56. The van der Waals surface area contributed by atoms with Crippen molar-refractivity contribution in [2.75, 3.05) is 18.4 Å². The third-order valence-corrected chi connectivity index (χ3v) is 2.46. The lowest BCUT2D eigenvalue weighted by atomic mass is 10.3. The highest BCUT2D eigenvalue weighted by Crippen LogP contribution is 2.19. The number of benzene rings is 1. The summed E-state index contributed by atoms with van der Waals surface area (Å²) in [5, 5.41) is 10.9. The highest BCUT2D eigenvalue weighted by atomic mass is 35.5. The number of hydrogen-bond acceptors (Lipinski definition) is 2. The first kappa shape index (κ1) is 14.2. The molecule has 1 aromatic carbocycles. The fourth-order valence-electron chi connectivity index (χ4n) is 1.27. The molecule has 0 aliphatic carbocycles. The van der Waals surface area contributed by atoms with Gasteiger partial charge in [-0.05, 0) is 25.1 Å². The van der Waals surface area contributed by atoms with Gasteiger partial charge < -0.3 is 15.3 Å². The quantitative estimate of drug-likeness (QED) is 0.886. The number of amides is 2. The van der Waals surface area contributed by atoms with E-state index in [0.717, 1.165) is 11.0 Å². The van der Waals surface area contributed by atoms with Crippen LogP contribution in [0, 0.1) is 5.82 Å². The van der Waals surface area contributed by atoms with E-state index < -0.39 is 24.4 Å². The summed E-state index contributed by atoms with van der Waals surface area (Å²) in [7, 11) is 0. The SMILES string of the molecule is CCN(CC(=O)O)C(=O)Nc1ccc(F)c(Cl)c1. The smallest absolute Gasteiger partial charge is 0.323 e. The standard InChI is InChI=1S/C11H12ClFN2O3/c1-2-15(6-10(16)17)11(18)14-7-3-4-9(13)8(12)5-7/h3-5H,2,6H2,1H3,(H,14,18)(H,16,17). The first-order chi connectivity index (χ1) is 8.43. The lowest BCUT2D eigenvalue weighted by Gasteiger charge is -2.19. The highest BCUT2D eigenvalue weighted by Gasteiger charge is 2.15. The van der Waals surface area contributed by atoms with Crippen LogP contribution in [0.15, 0.2) is 18.2 Å². The van der Waals surface area contributed by atoms with Crippen molar-refractivity contribution in [1.29, 1.82) is 0 Å². The molecule has 0 aliphatic rings. The second-order valence-electron chi connectivity index (χ2n) is 3.47. The minimum absolute atomic E-state index is 0.117. The van der Waals surface area contributed by atoms with Crippen molar-refractivity contribution in [3.05, 3.63) is 29.0 Å². The van der Waals surface area contributed by atoms with Crippen LogP contribution < -0.4 is 5.32 Å². The molecular weight excluding hydrogens is 263 g/mol. The number of halogens is 2. The molecule has 1 rings (SSSR count). The van der Waals surface area contributed by atoms with Crippen LogP contribution in [0.4, 0.5) is 14.9 Å². The zero-order valence-corrected chi connectivity index (χ0v) is 10.4. The number of carbonyl (C=O) groups excluding carboxylic acids is 1. The number of nitrogens with one attached hydrogen (secondary N) is 1. The lowest BCUT2D eigenvalue weighted by Crippen LogP contribution is -2.38. The molecule has 18 heavy (non-hydrogen) atoms. The maximum Gasteiger partial charge on any atom is 0.323 e. The third kappa shape index (κ3) is 3.89. The zero-order valence-electron chi connectivity index (χ0n) is 9.61. The number of carbonyl (C=O) groups is 2. The third-order valence-electron chi connectivity index (χ3n) is 2.17. The van der Waals surface area contributed by atoms with Gasteiger partial charge in [0.1, 0.15) is 12.4 Å². The summed E-state index contributed by atoms with van der Waals surface area (Å²) in [6.45, 7) is 1.49. The average Bonchev–Trinajstić information content (AvgIpc) is 2.30. The molecular formula is C11H12ClFN2O3. The van der Waals surface area contributed by atoms with Crippen molar-refractivity contribution >= 4 is 29.3 Å². The maximum absolute atomic E-state index is 12.9. The molecule has 0 aliphatic heterocycles. The van der Waals surface area contributed by atoms with Crippen LogP contribution in [0.25, 0.3) is 0 Å². The molecule has 0 aromatic heterocycles. The molecule has 0 unspecified atom stereocenters. The monoisotopic (exact) mass is 274 g/mol. The summed E-state index contributed by atoms with van der Waals surface area (Å²) in [5.41, 5.74) is 0.301. The Hall–Kier alpha value is -1.82. The fourth-order valence-corrected chi connectivity index (χ4v) is 1.45. The Balaban J connectivity index is 2.73. The Labute approximate surface area is 108 Å². The Kier molecular flexibility index (Phi) is 4.91. The average molecular weight is 275 g/mol. The van der Waals surface area contributed by atoms with Gasteiger partial charge in [0.15, 0.2) is 0 Å². The lowest BCUT2D eigenvalue weighted by molar-refractivity contribution is -0.137. The number of nitrogens with zero attached hydrogens (tertiary/aromatic N) is 1. The largest absolute Gasteiger partial charge is 0.480 e. The van der Waals surface area contributed by atoms with E-state index in [-0.39, 0.29) is 11.6 Å². The van der Waals surface area contributed by atoms with Crippen LogP contribution >= 0.6 is 11.6 Å². The molecule has 2 N–H and O–H groups in total. The van der Waals surface area contributed by atoms with Crippen LogP contribution in [-0.2, 0) is 4.79 Å². The van der Waals surface area contributed by atoms with Crippen LogP contribution in [0.2, 0.25) is 5.02 Å². The summed E-state index contributed by atoms with van der Waals surface area (Å²) in [6.07, 6.45) is 0. The van der Waals surface area contributed by atoms with E-state index in [9.17, 15) is 14.0 Å². The van der Waals surface area contributed by atoms with Gasteiger partial charge in [0.25, 0.3) is 0 Å². The van der Waals surface area contributed by atoms with Gasteiger partial charge in [-0.1, -0.05) is 11.6 Å². The van der Waals surface area contributed by atoms with Gasteiger partial charge in [-0.2, -0.15) is 0 Å². The number of urea groups is 1. The van der Waals surface area contributed by atoms with Crippen molar-refractivity contribution in [3.8, 4) is 0 Å². The van der Waals surface area contributed by atoms with Gasteiger partial charge in [0, 0.05) is 12.2 Å². The molecule has 5 nitrogen and oxygen atoms in total. The predicted molar refractivity (Wildman–Crippen MR) is 65.3 cm³/mol. The summed E-state index contributed by atoms with van der Waals surface area (Å²) in [4.78, 5) is 23.3. The highest BCUT2D eigenvalue weighted by molar-refractivity contribution is 6.31. The molecule has 0 saturated heterocycles. The van der Waals surface area contributed by atoms with E-state index in [2.05, 4.69) is 5.32 Å². The molecule has 0 saturated carbocycles. The van der Waals surface area contributed by atoms with Crippen molar-refractivity contribution < 1.29 is 19.1 Å². The Morgan fingerprint density at radius 1 is 1.50 bits per heavy atom. The van der Waals surface area contributed by atoms with Crippen LogP contribution in [0.3, 0.4) is 0 Å². The fraction of sp³-hybridized carbons (Fsp3) is 0.273. The molecule has 1 aromatic rings. The molecule has 7 heteroatoms. The molecule has 0 atom stereocenters. The Morgan fingerprint density at radius 3 is 2.67 bits per heavy atom. The summed E-state index contributed by atoms with van der Waals surface area (Å²) < 4.78 is 12.9. The topological polar surface area (TPSA) is 69.6 Å². The van der Waals surface area contributed by atoms with Crippen LogP contribution in [0.1, 0.15) is 6.92 Å². The van der Waals surface area contributed by atoms with Gasteiger partial charge in [0.2, 0.25) is 0 Å². The van der Waals surface area contributed by atoms with Crippen molar-refractivity contribution in [1.82, 2.24) is 4.90 Å². The normalized spacial score (nSPS) is 9.94. The number of hydrogen-bond donors (Lipinski definition) is 2. The molecule has 0 fully saturated rings. The molecule has 2 amide bonds. The minimum Gasteiger partial charge on any atom is -0.480 e. The van der Waals surface area contributed by atoms with E-state index in [4.69, 9.17) is 16.7 Å². The second kappa shape index (κ2) is 6.20. The van der Waals surface area contributed by atoms with Gasteiger partial charge in [-0.15, -0.1) is 0 Å². The Morgan fingerprint density at radius 2 is 2.17 bits per heavy atom. The number of likely N-dealkylation sites (N-methyl/N-ethyl adjacent to an activating group) is 1. The number of anilines is 1. The first-order valence-electron chi connectivity index (χ1n) is 5.16. The van der Waals surface area contributed by atoms with Crippen LogP contribution in [-0.4, -0.2) is 35.1 Å². The number of carboxylic acids is 1. The number of carboxylic acid groups (broad SMARTS) is 1. The van der Waals surface area contributed by atoms with E-state index in [1.54, 1.807) is 6.92 Å². The molecule has 0 bridgehead atoms. The maximum atomic E-state index is 12.9. The van der Waals surface area contributed by atoms with E-state index in [0.29, 0.717) is 5.69 Å². The van der Waals surface area contributed by atoms with Crippen molar-refractivity contribution in [3.63, 3.8) is 0 Å². The van der Waals surface area contributed by atoms with Crippen molar-refractivity contribution in [2.45, 2.75) is 6.92 Å². The second-order valence-corrected chi connectivity index (χ2v) is 3.87.